The number of carbonyl (C=O) groups excluding carboxylic acids is 1. The van der Waals surface area contributed by atoms with Gasteiger partial charge in [0, 0.05) is 24.4 Å². The Hall–Kier alpha value is -1.18. The smallest absolute Gasteiger partial charge is 0.162 e. The molecule has 0 spiro atoms. The maximum absolute atomic E-state index is 11.2. The molecule has 1 heterocycles. The van der Waals surface area contributed by atoms with Crippen LogP contribution in [0.5, 0.6) is 0 Å². The molecule has 0 atom stereocenters. The van der Waals surface area contributed by atoms with Gasteiger partial charge in [0.25, 0.3) is 0 Å². The van der Waals surface area contributed by atoms with E-state index in [9.17, 15) is 4.79 Å². The number of pyridine rings is 1. The van der Waals surface area contributed by atoms with Crippen LogP contribution in [0, 0.1) is 0 Å². The van der Waals surface area contributed by atoms with Gasteiger partial charge in [-0.15, -0.1) is 0 Å². The summed E-state index contributed by atoms with van der Waals surface area (Å²) < 4.78 is 0. The molecule has 0 aliphatic rings. The van der Waals surface area contributed by atoms with Gasteiger partial charge in [-0.25, -0.2) is 0 Å². The van der Waals surface area contributed by atoms with Crippen molar-refractivity contribution in [2.45, 2.75) is 19.8 Å². The Morgan fingerprint density at radius 3 is 2.64 bits per heavy atom. The van der Waals surface area contributed by atoms with Crippen LogP contribution in [0.4, 0.5) is 0 Å². The zero-order valence-corrected chi connectivity index (χ0v) is 6.58. The lowest BCUT2D eigenvalue weighted by molar-refractivity contribution is 0.0981. The second-order valence-electron chi connectivity index (χ2n) is 2.41. The van der Waals surface area contributed by atoms with Gasteiger partial charge in [-0.1, -0.05) is 6.92 Å². The minimum absolute atomic E-state index is 0.204. The zero-order valence-electron chi connectivity index (χ0n) is 6.58. The summed E-state index contributed by atoms with van der Waals surface area (Å²) in [5.41, 5.74) is 0.766. The van der Waals surface area contributed by atoms with Gasteiger partial charge in [0.05, 0.1) is 0 Å². The molecular formula is C9H11NO. The molecule has 0 saturated carbocycles. The first kappa shape index (κ1) is 7.92. The monoisotopic (exact) mass is 149 g/mol. The molecule has 0 bridgehead atoms. The summed E-state index contributed by atoms with van der Waals surface area (Å²) >= 11 is 0. The van der Waals surface area contributed by atoms with E-state index in [1.54, 1.807) is 24.5 Å². The molecule has 0 aliphatic carbocycles. The van der Waals surface area contributed by atoms with Gasteiger partial charge >= 0.3 is 0 Å². The summed E-state index contributed by atoms with van der Waals surface area (Å²) in [4.78, 5) is 15.1. The minimum atomic E-state index is 0.204. The van der Waals surface area contributed by atoms with E-state index in [1.165, 1.54) is 0 Å². The van der Waals surface area contributed by atoms with Crippen LogP contribution in [0.25, 0.3) is 0 Å². The summed E-state index contributed by atoms with van der Waals surface area (Å²) in [5, 5.41) is 0. The predicted octanol–water partition coefficient (Wildman–Crippen LogP) is 2.06. The number of nitrogens with zero attached hydrogens (tertiary/aromatic N) is 1. The first-order valence-corrected chi connectivity index (χ1v) is 3.78. The SMILES string of the molecule is CCCC(=O)c1ccncc1. The highest BCUT2D eigenvalue weighted by atomic mass is 16.1. The summed E-state index contributed by atoms with van der Waals surface area (Å²) in [6.45, 7) is 2.00. The summed E-state index contributed by atoms with van der Waals surface area (Å²) in [7, 11) is 0. The van der Waals surface area contributed by atoms with Gasteiger partial charge in [-0.05, 0) is 18.6 Å². The molecule has 0 unspecified atom stereocenters. The highest BCUT2D eigenvalue weighted by Gasteiger charge is 2.01. The molecule has 2 nitrogen and oxygen atoms in total. The number of hydrogen-bond donors (Lipinski definition) is 0. The van der Waals surface area contributed by atoms with E-state index < -0.39 is 0 Å². The molecule has 1 aromatic rings. The molecule has 11 heavy (non-hydrogen) atoms. The first-order chi connectivity index (χ1) is 5.34. The van der Waals surface area contributed by atoms with Gasteiger partial charge in [0.2, 0.25) is 0 Å². The Morgan fingerprint density at radius 2 is 2.09 bits per heavy atom. The van der Waals surface area contributed by atoms with Crippen molar-refractivity contribution in [1.29, 1.82) is 0 Å². The van der Waals surface area contributed by atoms with Crippen LogP contribution in [0.1, 0.15) is 30.1 Å². The summed E-state index contributed by atoms with van der Waals surface area (Å²) in [5.74, 6) is 0.204. The highest BCUT2D eigenvalue weighted by molar-refractivity contribution is 5.95. The molecule has 58 valence electrons. The molecule has 0 aliphatic heterocycles. The van der Waals surface area contributed by atoms with Crippen molar-refractivity contribution in [3.63, 3.8) is 0 Å². The standard InChI is InChI=1S/C9H11NO/c1-2-3-9(11)8-4-6-10-7-5-8/h4-7H,2-3H2,1H3. The molecule has 0 fully saturated rings. The van der Waals surface area contributed by atoms with Gasteiger partial charge in [0.1, 0.15) is 0 Å². The second kappa shape index (κ2) is 3.86. The fourth-order valence-corrected chi connectivity index (χ4v) is 0.909. The maximum atomic E-state index is 11.2. The highest BCUT2D eigenvalue weighted by Crippen LogP contribution is 2.02. The first-order valence-electron chi connectivity index (χ1n) is 3.78. The Morgan fingerprint density at radius 1 is 1.45 bits per heavy atom. The van der Waals surface area contributed by atoms with Crippen LogP contribution in [0.3, 0.4) is 0 Å². The Bertz CT molecular complexity index is 231. The van der Waals surface area contributed by atoms with Crippen molar-refractivity contribution >= 4 is 5.78 Å². The van der Waals surface area contributed by atoms with E-state index in [0.717, 1.165) is 12.0 Å². The van der Waals surface area contributed by atoms with E-state index in [0.29, 0.717) is 6.42 Å². The molecule has 1 rings (SSSR count). The lowest BCUT2D eigenvalue weighted by Gasteiger charge is -1.95. The zero-order chi connectivity index (χ0) is 8.10. The fraction of sp³-hybridized carbons (Fsp3) is 0.333. The molecular weight excluding hydrogens is 138 g/mol. The van der Waals surface area contributed by atoms with Gasteiger partial charge in [-0.3, -0.25) is 9.78 Å². The Kier molecular flexibility index (Phi) is 2.78. The third kappa shape index (κ3) is 2.15. The number of Topliss-reactive ketones (excluding diaryl/α,β-unsaturated/α-hetero) is 1. The number of aromatic nitrogens is 1. The number of carbonyl (C=O) groups is 1. The number of hydrogen-bond acceptors (Lipinski definition) is 2. The topological polar surface area (TPSA) is 30.0 Å². The molecule has 0 saturated heterocycles. The fourth-order valence-electron chi connectivity index (χ4n) is 0.909. The van der Waals surface area contributed by atoms with Crippen molar-refractivity contribution in [3.05, 3.63) is 30.1 Å². The molecule has 0 N–H and O–H groups in total. The van der Waals surface area contributed by atoms with Crippen molar-refractivity contribution in [2.24, 2.45) is 0 Å². The largest absolute Gasteiger partial charge is 0.294 e. The number of rotatable bonds is 3. The Labute approximate surface area is 66.3 Å². The average Bonchev–Trinajstić information content (AvgIpc) is 2.07. The van der Waals surface area contributed by atoms with Gasteiger partial charge < -0.3 is 0 Å². The summed E-state index contributed by atoms with van der Waals surface area (Å²) in [6, 6.07) is 3.50. The van der Waals surface area contributed by atoms with Crippen LogP contribution < -0.4 is 0 Å². The van der Waals surface area contributed by atoms with Crippen LogP contribution in [-0.2, 0) is 0 Å². The van der Waals surface area contributed by atoms with Crippen molar-refractivity contribution < 1.29 is 4.79 Å². The molecule has 2 heteroatoms. The van der Waals surface area contributed by atoms with Crippen molar-refractivity contribution in [3.8, 4) is 0 Å². The third-order valence-corrected chi connectivity index (χ3v) is 1.48. The van der Waals surface area contributed by atoms with Crippen LogP contribution >= 0.6 is 0 Å². The van der Waals surface area contributed by atoms with Gasteiger partial charge in [0.15, 0.2) is 5.78 Å². The van der Waals surface area contributed by atoms with Crippen molar-refractivity contribution in [2.75, 3.05) is 0 Å². The number of ketones is 1. The lowest BCUT2D eigenvalue weighted by atomic mass is 10.1. The predicted molar refractivity (Wildman–Crippen MR) is 43.5 cm³/mol. The lowest BCUT2D eigenvalue weighted by Crippen LogP contribution is -1.97. The minimum Gasteiger partial charge on any atom is -0.294 e. The molecule has 0 amide bonds. The van der Waals surface area contributed by atoms with Crippen molar-refractivity contribution in [1.82, 2.24) is 4.98 Å². The second-order valence-corrected chi connectivity index (χ2v) is 2.41. The van der Waals surface area contributed by atoms with Crippen LogP contribution in [0.2, 0.25) is 0 Å². The normalized spacial score (nSPS) is 9.55. The third-order valence-electron chi connectivity index (χ3n) is 1.48. The van der Waals surface area contributed by atoms with E-state index >= 15 is 0 Å². The average molecular weight is 149 g/mol. The molecule has 1 aromatic heterocycles. The van der Waals surface area contributed by atoms with E-state index in [2.05, 4.69) is 4.98 Å². The maximum Gasteiger partial charge on any atom is 0.162 e. The van der Waals surface area contributed by atoms with E-state index in [4.69, 9.17) is 0 Å². The van der Waals surface area contributed by atoms with Gasteiger partial charge in [-0.2, -0.15) is 0 Å². The van der Waals surface area contributed by atoms with E-state index in [1.807, 2.05) is 6.92 Å². The van der Waals surface area contributed by atoms with Crippen LogP contribution in [0.15, 0.2) is 24.5 Å². The molecule has 0 radical (unpaired) electrons. The van der Waals surface area contributed by atoms with E-state index in [-0.39, 0.29) is 5.78 Å². The van der Waals surface area contributed by atoms with Crippen LogP contribution in [-0.4, -0.2) is 10.8 Å². The quantitative estimate of drug-likeness (QED) is 0.616. The molecule has 0 aromatic carbocycles. The summed E-state index contributed by atoms with van der Waals surface area (Å²) in [6.07, 6.45) is 4.82. The Balaban J connectivity index is 2.69.